The zero-order valence-electron chi connectivity index (χ0n) is 12.8. The summed E-state index contributed by atoms with van der Waals surface area (Å²) < 4.78 is 5.62. The lowest BCUT2D eigenvalue weighted by molar-refractivity contribution is -0.141. The number of ether oxygens (including phenoxy) is 1. The van der Waals surface area contributed by atoms with Gasteiger partial charge in [-0.3, -0.25) is 9.59 Å². The molecule has 0 spiro atoms. The predicted molar refractivity (Wildman–Crippen MR) is 81.5 cm³/mol. The molecule has 0 saturated carbocycles. The number of benzene rings is 1. The van der Waals surface area contributed by atoms with Crippen LogP contribution in [0.15, 0.2) is 24.3 Å². The monoisotopic (exact) mass is 290 g/mol. The van der Waals surface area contributed by atoms with Crippen molar-refractivity contribution in [3.8, 4) is 0 Å². The maximum atomic E-state index is 12.2. The van der Waals surface area contributed by atoms with Gasteiger partial charge in [-0.25, -0.2) is 0 Å². The zero-order valence-corrected chi connectivity index (χ0v) is 12.8. The Morgan fingerprint density at radius 3 is 2.29 bits per heavy atom. The van der Waals surface area contributed by atoms with Crippen molar-refractivity contribution < 1.29 is 14.3 Å². The number of carbonyl (C=O) groups is 2. The highest BCUT2D eigenvalue weighted by molar-refractivity contribution is 5.94. The number of Topliss-reactive ketones (excluding diaryl/α,β-unsaturated/α-hetero) is 1. The second-order valence-corrected chi connectivity index (χ2v) is 5.54. The van der Waals surface area contributed by atoms with Crippen LogP contribution < -0.4 is 5.32 Å². The Morgan fingerprint density at radius 1 is 1.19 bits per heavy atom. The fourth-order valence-corrected chi connectivity index (χ4v) is 2.49. The molecule has 1 heterocycles. The van der Waals surface area contributed by atoms with E-state index in [4.69, 9.17) is 4.74 Å². The van der Waals surface area contributed by atoms with E-state index in [2.05, 4.69) is 5.32 Å². The van der Waals surface area contributed by atoms with Crippen LogP contribution in [0.2, 0.25) is 0 Å². The standard InChI is InChI=1S/C16H22N2O3/c1-11-9-18(10-12(2)21-11)16(20)8-17-15-6-4-14(5-7-15)13(3)19/h4-7,11-12,17H,8-10H2,1-3H3. The van der Waals surface area contributed by atoms with Crippen LogP contribution in [0.3, 0.4) is 0 Å². The van der Waals surface area contributed by atoms with Gasteiger partial charge in [0.25, 0.3) is 0 Å². The number of hydrogen-bond donors (Lipinski definition) is 1. The maximum Gasteiger partial charge on any atom is 0.242 e. The minimum absolute atomic E-state index is 0.0360. The van der Waals surface area contributed by atoms with E-state index in [-0.39, 0.29) is 30.4 Å². The van der Waals surface area contributed by atoms with Crippen LogP contribution in [0.25, 0.3) is 0 Å². The van der Waals surface area contributed by atoms with Crippen LogP contribution in [0.1, 0.15) is 31.1 Å². The van der Waals surface area contributed by atoms with E-state index >= 15 is 0 Å². The van der Waals surface area contributed by atoms with E-state index in [0.29, 0.717) is 18.7 Å². The summed E-state index contributed by atoms with van der Waals surface area (Å²) in [7, 11) is 0. The molecular formula is C16H22N2O3. The molecular weight excluding hydrogens is 268 g/mol. The molecule has 1 fully saturated rings. The molecule has 1 aliphatic heterocycles. The third-order valence-corrected chi connectivity index (χ3v) is 3.51. The average molecular weight is 290 g/mol. The third-order valence-electron chi connectivity index (χ3n) is 3.51. The van der Waals surface area contributed by atoms with Crippen molar-refractivity contribution in [2.45, 2.75) is 33.0 Å². The second kappa shape index (κ2) is 6.72. The van der Waals surface area contributed by atoms with Gasteiger partial charge in [0.15, 0.2) is 5.78 Å². The van der Waals surface area contributed by atoms with Crippen molar-refractivity contribution in [2.75, 3.05) is 25.0 Å². The molecule has 21 heavy (non-hydrogen) atoms. The van der Waals surface area contributed by atoms with Crippen LogP contribution in [0.4, 0.5) is 5.69 Å². The summed E-state index contributed by atoms with van der Waals surface area (Å²) in [5.41, 5.74) is 1.51. The van der Waals surface area contributed by atoms with E-state index in [1.54, 1.807) is 12.1 Å². The van der Waals surface area contributed by atoms with Gasteiger partial charge in [0.05, 0.1) is 18.8 Å². The molecule has 114 valence electrons. The average Bonchev–Trinajstić information content (AvgIpc) is 2.44. The SMILES string of the molecule is CC(=O)c1ccc(NCC(=O)N2CC(C)OC(C)C2)cc1. The molecule has 0 radical (unpaired) electrons. The zero-order chi connectivity index (χ0) is 15.4. The lowest BCUT2D eigenvalue weighted by Crippen LogP contribution is -2.49. The van der Waals surface area contributed by atoms with Crippen LogP contribution in [-0.2, 0) is 9.53 Å². The minimum Gasteiger partial charge on any atom is -0.376 e. The van der Waals surface area contributed by atoms with E-state index in [1.165, 1.54) is 6.92 Å². The van der Waals surface area contributed by atoms with Crippen molar-refractivity contribution in [1.29, 1.82) is 0 Å². The van der Waals surface area contributed by atoms with Gasteiger partial charge in [0.1, 0.15) is 0 Å². The Morgan fingerprint density at radius 2 is 1.76 bits per heavy atom. The summed E-state index contributed by atoms with van der Waals surface area (Å²) in [5, 5.41) is 3.09. The first-order valence-electron chi connectivity index (χ1n) is 7.24. The van der Waals surface area contributed by atoms with E-state index in [9.17, 15) is 9.59 Å². The van der Waals surface area contributed by atoms with Gasteiger partial charge < -0.3 is 15.0 Å². The summed E-state index contributed by atoms with van der Waals surface area (Å²) in [6.45, 7) is 7.00. The molecule has 0 aromatic heterocycles. The summed E-state index contributed by atoms with van der Waals surface area (Å²) in [6.07, 6.45) is 0.153. The quantitative estimate of drug-likeness (QED) is 0.861. The molecule has 0 aliphatic carbocycles. The molecule has 2 rings (SSSR count). The van der Waals surface area contributed by atoms with Gasteiger partial charge in [0.2, 0.25) is 5.91 Å². The van der Waals surface area contributed by atoms with Gasteiger partial charge in [-0.05, 0) is 45.0 Å². The summed E-state index contributed by atoms with van der Waals surface area (Å²) >= 11 is 0. The van der Waals surface area contributed by atoms with Crippen molar-refractivity contribution in [3.05, 3.63) is 29.8 Å². The molecule has 1 amide bonds. The van der Waals surface area contributed by atoms with E-state index < -0.39 is 0 Å². The first-order chi connectivity index (χ1) is 9.95. The second-order valence-electron chi connectivity index (χ2n) is 5.54. The lowest BCUT2D eigenvalue weighted by atomic mass is 10.1. The van der Waals surface area contributed by atoms with Crippen LogP contribution in [-0.4, -0.2) is 48.4 Å². The summed E-state index contributed by atoms with van der Waals surface area (Å²) in [6, 6.07) is 7.14. The highest BCUT2D eigenvalue weighted by atomic mass is 16.5. The number of amides is 1. The fraction of sp³-hybridized carbons (Fsp3) is 0.500. The van der Waals surface area contributed by atoms with Gasteiger partial charge in [-0.1, -0.05) is 0 Å². The lowest BCUT2D eigenvalue weighted by Gasteiger charge is -2.35. The van der Waals surface area contributed by atoms with Crippen molar-refractivity contribution in [2.24, 2.45) is 0 Å². The molecule has 2 atom stereocenters. The van der Waals surface area contributed by atoms with Gasteiger partial charge >= 0.3 is 0 Å². The number of anilines is 1. The summed E-state index contributed by atoms with van der Waals surface area (Å²) in [5.74, 6) is 0.0987. The van der Waals surface area contributed by atoms with Gasteiger partial charge in [-0.15, -0.1) is 0 Å². The van der Waals surface area contributed by atoms with Crippen LogP contribution in [0.5, 0.6) is 0 Å². The highest BCUT2D eigenvalue weighted by Crippen LogP contribution is 2.12. The Kier molecular flexibility index (Phi) is 4.96. The molecule has 0 bridgehead atoms. The number of rotatable bonds is 4. The number of nitrogens with zero attached hydrogens (tertiary/aromatic N) is 1. The number of ketones is 1. The molecule has 1 N–H and O–H groups in total. The molecule has 1 aromatic carbocycles. The highest BCUT2D eigenvalue weighted by Gasteiger charge is 2.25. The summed E-state index contributed by atoms with van der Waals surface area (Å²) in [4.78, 5) is 25.2. The predicted octanol–water partition coefficient (Wildman–Crippen LogP) is 1.94. The number of nitrogens with one attached hydrogen (secondary N) is 1. The van der Waals surface area contributed by atoms with Crippen LogP contribution >= 0.6 is 0 Å². The van der Waals surface area contributed by atoms with Crippen LogP contribution in [0, 0.1) is 0 Å². The van der Waals surface area contributed by atoms with E-state index in [0.717, 1.165) is 5.69 Å². The molecule has 1 aliphatic rings. The number of hydrogen-bond acceptors (Lipinski definition) is 4. The third kappa shape index (κ3) is 4.29. The molecule has 1 saturated heterocycles. The Hall–Kier alpha value is -1.88. The normalized spacial score (nSPS) is 22.0. The Labute approximate surface area is 125 Å². The molecule has 5 nitrogen and oxygen atoms in total. The van der Waals surface area contributed by atoms with Crippen molar-refractivity contribution >= 4 is 17.4 Å². The Bertz CT molecular complexity index is 503. The topological polar surface area (TPSA) is 58.6 Å². The van der Waals surface area contributed by atoms with Crippen molar-refractivity contribution in [1.82, 2.24) is 4.90 Å². The van der Waals surface area contributed by atoms with Crippen molar-refractivity contribution in [3.63, 3.8) is 0 Å². The number of morpholine rings is 1. The van der Waals surface area contributed by atoms with E-state index in [1.807, 2.05) is 30.9 Å². The minimum atomic E-state index is 0.0360. The fourth-order valence-electron chi connectivity index (χ4n) is 2.49. The first kappa shape index (κ1) is 15.5. The maximum absolute atomic E-state index is 12.2. The molecule has 5 heteroatoms. The largest absolute Gasteiger partial charge is 0.376 e. The number of carbonyl (C=O) groups excluding carboxylic acids is 2. The van der Waals surface area contributed by atoms with Gasteiger partial charge in [-0.2, -0.15) is 0 Å². The molecule has 2 unspecified atom stereocenters. The molecule has 1 aromatic rings. The smallest absolute Gasteiger partial charge is 0.242 e. The first-order valence-corrected chi connectivity index (χ1v) is 7.24. The Balaban J connectivity index is 1.87. The van der Waals surface area contributed by atoms with Gasteiger partial charge in [0, 0.05) is 24.3 Å².